The summed E-state index contributed by atoms with van der Waals surface area (Å²) in [5, 5.41) is 9.31. The largest absolute Gasteiger partial charge is 0.361 e. The van der Waals surface area contributed by atoms with Gasteiger partial charge >= 0.3 is 0 Å². The number of rotatable bonds is 4. The molecule has 0 saturated carbocycles. The van der Waals surface area contributed by atoms with E-state index < -0.39 is 23.8 Å². The second-order valence-electron chi connectivity index (χ2n) is 6.15. The van der Waals surface area contributed by atoms with Gasteiger partial charge in [0, 0.05) is 33.2 Å². The van der Waals surface area contributed by atoms with Crippen molar-refractivity contribution in [2.24, 2.45) is 0 Å². The van der Waals surface area contributed by atoms with Gasteiger partial charge in [-0.25, -0.2) is 22.7 Å². The molecule has 2 heterocycles. The van der Waals surface area contributed by atoms with E-state index in [2.05, 4.69) is 31.3 Å². The molecular weight excluding hydrogens is 421 g/mol. The first-order valence-electron chi connectivity index (χ1n) is 8.21. The van der Waals surface area contributed by atoms with E-state index >= 15 is 0 Å². The maximum absolute atomic E-state index is 14.5. The summed E-state index contributed by atoms with van der Waals surface area (Å²) >= 11 is 3.45. The van der Waals surface area contributed by atoms with Gasteiger partial charge in [-0.2, -0.15) is 0 Å². The molecule has 0 aliphatic carbocycles. The predicted octanol–water partition coefficient (Wildman–Crippen LogP) is 5.89. The van der Waals surface area contributed by atoms with Crippen molar-refractivity contribution in [3.8, 4) is 0 Å². The molecule has 8 heteroatoms. The standard InChI is InChI=1S/C19H14BrF3N4/c1-10(12-3-2-4-14(16(12)21)17(22)23)25-18-13-6-5-11(20)9-15(13)19-24-7-8-27(19)26-18/h2-10,17H,1H3,(H,25,26). The lowest BCUT2D eigenvalue weighted by atomic mass is 10.0. The van der Waals surface area contributed by atoms with Crippen LogP contribution in [0.3, 0.4) is 0 Å². The summed E-state index contributed by atoms with van der Waals surface area (Å²) in [7, 11) is 0. The van der Waals surface area contributed by atoms with Gasteiger partial charge in [-0.3, -0.25) is 0 Å². The number of imidazole rings is 1. The van der Waals surface area contributed by atoms with Crippen LogP contribution in [-0.4, -0.2) is 14.6 Å². The van der Waals surface area contributed by atoms with Crippen molar-refractivity contribution in [1.29, 1.82) is 0 Å². The van der Waals surface area contributed by atoms with Crippen LogP contribution in [0.15, 0.2) is 53.3 Å². The van der Waals surface area contributed by atoms with Gasteiger partial charge in [-0.1, -0.05) is 34.1 Å². The molecule has 138 valence electrons. The smallest absolute Gasteiger partial charge is 0.266 e. The number of nitrogens with one attached hydrogen (secondary N) is 1. The molecule has 1 N–H and O–H groups in total. The van der Waals surface area contributed by atoms with Crippen LogP contribution in [0.1, 0.15) is 30.5 Å². The number of aromatic nitrogens is 3. The second-order valence-corrected chi connectivity index (χ2v) is 7.07. The number of hydrogen-bond acceptors (Lipinski definition) is 3. The Morgan fingerprint density at radius 3 is 2.67 bits per heavy atom. The molecule has 0 saturated heterocycles. The van der Waals surface area contributed by atoms with E-state index in [1.165, 1.54) is 12.1 Å². The van der Waals surface area contributed by atoms with Crippen molar-refractivity contribution < 1.29 is 13.2 Å². The van der Waals surface area contributed by atoms with Crippen molar-refractivity contribution in [2.75, 3.05) is 5.32 Å². The molecular formula is C19H14BrF3N4. The lowest BCUT2D eigenvalue weighted by molar-refractivity contribution is 0.146. The highest BCUT2D eigenvalue weighted by Crippen LogP contribution is 2.32. The summed E-state index contributed by atoms with van der Waals surface area (Å²) in [6, 6.07) is 9.13. The van der Waals surface area contributed by atoms with E-state index in [1.807, 2.05) is 18.2 Å². The molecule has 0 amide bonds. The van der Waals surface area contributed by atoms with Crippen molar-refractivity contribution in [2.45, 2.75) is 19.4 Å². The highest BCUT2D eigenvalue weighted by Gasteiger charge is 2.20. The topological polar surface area (TPSA) is 42.2 Å². The summed E-state index contributed by atoms with van der Waals surface area (Å²) < 4.78 is 43.0. The van der Waals surface area contributed by atoms with Crippen LogP contribution in [0.4, 0.5) is 19.0 Å². The Bertz CT molecular complexity index is 1140. The van der Waals surface area contributed by atoms with Gasteiger partial charge in [0.1, 0.15) is 5.82 Å². The minimum absolute atomic E-state index is 0.158. The first kappa shape index (κ1) is 17.8. The first-order valence-corrected chi connectivity index (χ1v) is 9.00. The van der Waals surface area contributed by atoms with Crippen LogP contribution in [0.25, 0.3) is 16.4 Å². The fourth-order valence-electron chi connectivity index (χ4n) is 3.10. The Balaban J connectivity index is 1.80. The van der Waals surface area contributed by atoms with Gasteiger partial charge in [-0.05, 0) is 25.1 Å². The van der Waals surface area contributed by atoms with Crippen LogP contribution in [0.2, 0.25) is 0 Å². The zero-order valence-corrected chi connectivity index (χ0v) is 15.7. The van der Waals surface area contributed by atoms with E-state index in [0.717, 1.165) is 21.3 Å². The van der Waals surface area contributed by atoms with Gasteiger partial charge in [0.2, 0.25) is 0 Å². The Hall–Kier alpha value is -2.61. The number of alkyl halides is 2. The van der Waals surface area contributed by atoms with Crippen LogP contribution >= 0.6 is 15.9 Å². The quantitative estimate of drug-likeness (QED) is 0.435. The minimum Gasteiger partial charge on any atom is -0.361 e. The Morgan fingerprint density at radius 1 is 1.11 bits per heavy atom. The van der Waals surface area contributed by atoms with Crippen molar-refractivity contribution >= 4 is 38.2 Å². The third-order valence-electron chi connectivity index (χ3n) is 4.42. The molecule has 1 unspecified atom stereocenters. The maximum Gasteiger partial charge on any atom is 0.266 e. The molecule has 4 nitrogen and oxygen atoms in total. The summed E-state index contributed by atoms with van der Waals surface area (Å²) in [5.41, 5.74) is 0.244. The first-order chi connectivity index (χ1) is 13.0. The highest BCUT2D eigenvalue weighted by molar-refractivity contribution is 9.10. The molecule has 0 aliphatic heterocycles. The average molecular weight is 435 g/mol. The van der Waals surface area contributed by atoms with E-state index in [9.17, 15) is 13.2 Å². The third-order valence-corrected chi connectivity index (χ3v) is 4.91. The number of benzene rings is 2. The van der Waals surface area contributed by atoms with Gasteiger partial charge in [-0.15, -0.1) is 5.10 Å². The molecule has 0 bridgehead atoms. The van der Waals surface area contributed by atoms with Gasteiger partial charge in [0.15, 0.2) is 11.5 Å². The van der Waals surface area contributed by atoms with E-state index in [1.54, 1.807) is 23.8 Å². The Kier molecular flexibility index (Phi) is 4.51. The zero-order valence-electron chi connectivity index (χ0n) is 14.1. The van der Waals surface area contributed by atoms with Crippen molar-refractivity contribution in [3.63, 3.8) is 0 Å². The Labute approximate surface area is 161 Å². The van der Waals surface area contributed by atoms with Crippen LogP contribution in [0.5, 0.6) is 0 Å². The van der Waals surface area contributed by atoms with E-state index in [0.29, 0.717) is 11.5 Å². The summed E-state index contributed by atoms with van der Waals surface area (Å²) in [6.07, 6.45) is 0.487. The average Bonchev–Trinajstić information content (AvgIpc) is 3.10. The fourth-order valence-corrected chi connectivity index (χ4v) is 3.46. The number of anilines is 1. The minimum atomic E-state index is -2.87. The van der Waals surface area contributed by atoms with Crippen molar-refractivity contribution in [3.05, 3.63) is 70.2 Å². The molecule has 0 fully saturated rings. The van der Waals surface area contributed by atoms with Crippen LogP contribution in [-0.2, 0) is 0 Å². The van der Waals surface area contributed by atoms with Crippen LogP contribution < -0.4 is 5.32 Å². The monoisotopic (exact) mass is 434 g/mol. The molecule has 0 radical (unpaired) electrons. The number of hydrogen-bond donors (Lipinski definition) is 1. The molecule has 4 aromatic rings. The maximum atomic E-state index is 14.5. The molecule has 0 aliphatic rings. The molecule has 2 aromatic carbocycles. The van der Waals surface area contributed by atoms with E-state index in [-0.39, 0.29) is 5.56 Å². The summed E-state index contributed by atoms with van der Waals surface area (Å²) in [6.45, 7) is 1.71. The molecule has 27 heavy (non-hydrogen) atoms. The van der Waals surface area contributed by atoms with Crippen LogP contribution in [0, 0.1) is 5.82 Å². The predicted molar refractivity (Wildman–Crippen MR) is 102 cm³/mol. The van der Waals surface area contributed by atoms with Gasteiger partial charge in [0.05, 0.1) is 11.6 Å². The summed E-state index contributed by atoms with van der Waals surface area (Å²) in [5.74, 6) is -0.388. The lowest BCUT2D eigenvalue weighted by Gasteiger charge is -2.18. The van der Waals surface area contributed by atoms with Crippen molar-refractivity contribution in [1.82, 2.24) is 14.6 Å². The highest BCUT2D eigenvalue weighted by atomic mass is 79.9. The second kappa shape index (κ2) is 6.84. The Morgan fingerprint density at radius 2 is 1.89 bits per heavy atom. The third kappa shape index (κ3) is 3.14. The number of halogens is 4. The van der Waals surface area contributed by atoms with Gasteiger partial charge in [0.25, 0.3) is 6.43 Å². The van der Waals surface area contributed by atoms with Gasteiger partial charge < -0.3 is 5.32 Å². The SMILES string of the molecule is CC(Nc1nn2ccnc2c2cc(Br)ccc12)c1cccc(C(F)F)c1F. The molecule has 1 atom stereocenters. The molecule has 4 rings (SSSR count). The summed E-state index contributed by atoms with van der Waals surface area (Å²) in [4.78, 5) is 4.32. The number of nitrogens with zero attached hydrogens (tertiary/aromatic N) is 3. The lowest BCUT2D eigenvalue weighted by Crippen LogP contribution is -2.12. The number of fused-ring (bicyclic) bond motifs is 3. The molecule has 0 spiro atoms. The van der Waals surface area contributed by atoms with E-state index in [4.69, 9.17) is 0 Å². The molecule has 2 aromatic heterocycles. The fraction of sp³-hybridized carbons (Fsp3) is 0.158. The zero-order chi connectivity index (χ0) is 19.1. The normalized spacial score (nSPS) is 12.8.